The fourth-order valence-corrected chi connectivity index (χ4v) is 2.06. The Morgan fingerprint density at radius 1 is 1.41 bits per heavy atom. The highest BCUT2D eigenvalue weighted by Gasteiger charge is 2.28. The van der Waals surface area contributed by atoms with Gasteiger partial charge in [-0.2, -0.15) is 0 Å². The minimum atomic E-state index is -0.676. The van der Waals surface area contributed by atoms with Crippen molar-refractivity contribution in [3.8, 4) is 5.75 Å². The van der Waals surface area contributed by atoms with Crippen molar-refractivity contribution in [1.29, 1.82) is 0 Å². The normalized spacial score (nSPS) is 18.0. The van der Waals surface area contributed by atoms with Gasteiger partial charge in [-0.05, 0) is 30.5 Å². The maximum Gasteiger partial charge on any atom is 0.252 e. The molecule has 22 heavy (non-hydrogen) atoms. The lowest BCUT2D eigenvalue weighted by molar-refractivity contribution is -0.134. The third-order valence-corrected chi connectivity index (χ3v) is 3.22. The van der Waals surface area contributed by atoms with Gasteiger partial charge in [0.2, 0.25) is 11.8 Å². The number of hydrogen-bond donors (Lipinski definition) is 2. The minimum absolute atomic E-state index is 0.230. The van der Waals surface area contributed by atoms with Crippen molar-refractivity contribution in [2.45, 2.75) is 32.7 Å². The van der Waals surface area contributed by atoms with E-state index in [4.69, 9.17) is 4.74 Å². The van der Waals surface area contributed by atoms with Gasteiger partial charge in [0.15, 0.2) is 0 Å². The van der Waals surface area contributed by atoms with Crippen LogP contribution in [0.4, 0.5) is 0 Å². The Bertz CT molecular complexity index is 583. The molecule has 6 nitrogen and oxygen atoms in total. The highest BCUT2D eigenvalue weighted by molar-refractivity contribution is 6.03. The first-order valence-corrected chi connectivity index (χ1v) is 7.33. The van der Waals surface area contributed by atoms with E-state index in [0.29, 0.717) is 30.3 Å². The number of piperidine rings is 1. The predicted octanol–water partition coefficient (Wildman–Crippen LogP) is 1.26. The largest absolute Gasteiger partial charge is 0.493 e. The Morgan fingerprint density at radius 2 is 2.18 bits per heavy atom. The van der Waals surface area contributed by atoms with Gasteiger partial charge < -0.3 is 10.1 Å². The molecule has 1 aliphatic rings. The molecule has 1 fully saturated rings. The summed E-state index contributed by atoms with van der Waals surface area (Å²) in [6, 6.07) is 6.14. The van der Waals surface area contributed by atoms with Crippen molar-refractivity contribution >= 4 is 17.7 Å². The second kappa shape index (κ2) is 7.06. The monoisotopic (exact) mass is 304 g/mol. The highest BCUT2D eigenvalue weighted by Crippen LogP contribution is 2.15. The van der Waals surface area contributed by atoms with Gasteiger partial charge in [-0.25, -0.2) is 0 Å². The van der Waals surface area contributed by atoms with E-state index in [-0.39, 0.29) is 18.2 Å². The number of ether oxygens (including phenoxy) is 1. The van der Waals surface area contributed by atoms with Crippen LogP contribution in [0.1, 0.15) is 37.0 Å². The van der Waals surface area contributed by atoms with Crippen LogP contribution in [0.3, 0.4) is 0 Å². The summed E-state index contributed by atoms with van der Waals surface area (Å²) < 4.78 is 5.58. The van der Waals surface area contributed by atoms with Crippen LogP contribution in [0.25, 0.3) is 0 Å². The molecule has 1 aromatic carbocycles. The van der Waals surface area contributed by atoms with Crippen molar-refractivity contribution in [2.75, 3.05) is 6.61 Å². The van der Waals surface area contributed by atoms with Crippen LogP contribution in [0.5, 0.6) is 5.75 Å². The molecule has 1 saturated heterocycles. The number of imide groups is 1. The second-order valence-corrected chi connectivity index (χ2v) is 5.71. The molecule has 118 valence electrons. The van der Waals surface area contributed by atoms with Crippen LogP contribution < -0.4 is 15.4 Å². The van der Waals surface area contributed by atoms with Gasteiger partial charge in [-0.1, -0.05) is 19.9 Å². The fraction of sp³-hybridized carbons (Fsp3) is 0.438. The summed E-state index contributed by atoms with van der Waals surface area (Å²) in [6.07, 6.45) is 0.550. The molecular weight excluding hydrogens is 284 g/mol. The van der Waals surface area contributed by atoms with E-state index in [0.717, 1.165) is 0 Å². The Hall–Kier alpha value is -2.37. The summed E-state index contributed by atoms with van der Waals surface area (Å²) in [5.41, 5.74) is 0.422. The molecule has 1 aliphatic heterocycles. The average Bonchev–Trinajstić information content (AvgIpc) is 2.48. The summed E-state index contributed by atoms with van der Waals surface area (Å²) in [5.74, 6) is -0.119. The summed E-state index contributed by atoms with van der Waals surface area (Å²) in [4.78, 5) is 34.9. The molecule has 2 N–H and O–H groups in total. The van der Waals surface area contributed by atoms with Crippen LogP contribution >= 0.6 is 0 Å². The number of carbonyl (C=O) groups is 3. The van der Waals surface area contributed by atoms with Crippen LogP contribution in [0.15, 0.2) is 24.3 Å². The van der Waals surface area contributed by atoms with Crippen LogP contribution in [0, 0.1) is 5.92 Å². The van der Waals surface area contributed by atoms with Crippen molar-refractivity contribution in [1.82, 2.24) is 10.6 Å². The Labute approximate surface area is 129 Å². The minimum Gasteiger partial charge on any atom is -0.493 e. The maximum atomic E-state index is 12.2. The first-order chi connectivity index (χ1) is 10.5. The first-order valence-electron chi connectivity index (χ1n) is 7.33. The zero-order valence-electron chi connectivity index (χ0n) is 12.7. The van der Waals surface area contributed by atoms with E-state index in [9.17, 15) is 14.4 Å². The molecule has 0 bridgehead atoms. The maximum absolute atomic E-state index is 12.2. The lowest BCUT2D eigenvalue weighted by atomic mass is 10.1. The Kier molecular flexibility index (Phi) is 5.14. The number of nitrogens with one attached hydrogen (secondary N) is 2. The van der Waals surface area contributed by atoms with E-state index < -0.39 is 11.9 Å². The second-order valence-electron chi connectivity index (χ2n) is 5.71. The first kappa shape index (κ1) is 16.0. The van der Waals surface area contributed by atoms with E-state index in [1.54, 1.807) is 24.3 Å². The molecule has 1 heterocycles. The number of amides is 3. The molecule has 1 atom stereocenters. The van der Waals surface area contributed by atoms with Crippen LogP contribution in [0.2, 0.25) is 0 Å². The SMILES string of the molecule is CC(C)COc1cccc(C(=O)NC2CCC(=O)NC2=O)c1. The van der Waals surface area contributed by atoms with Gasteiger partial charge in [-0.3, -0.25) is 19.7 Å². The molecule has 0 radical (unpaired) electrons. The molecule has 1 unspecified atom stereocenters. The third kappa shape index (κ3) is 4.31. The molecule has 2 rings (SSSR count). The van der Waals surface area contributed by atoms with Gasteiger partial charge in [0, 0.05) is 12.0 Å². The van der Waals surface area contributed by atoms with E-state index >= 15 is 0 Å². The van der Waals surface area contributed by atoms with Gasteiger partial charge >= 0.3 is 0 Å². The lowest BCUT2D eigenvalue weighted by Gasteiger charge is -2.21. The zero-order valence-corrected chi connectivity index (χ0v) is 12.7. The Morgan fingerprint density at radius 3 is 2.86 bits per heavy atom. The molecule has 1 aromatic rings. The van der Waals surface area contributed by atoms with Crippen molar-refractivity contribution in [2.24, 2.45) is 5.92 Å². The van der Waals surface area contributed by atoms with Gasteiger partial charge in [0.05, 0.1) is 6.61 Å². The summed E-state index contributed by atoms with van der Waals surface area (Å²) >= 11 is 0. The van der Waals surface area contributed by atoms with Gasteiger partial charge in [0.1, 0.15) is 11.8 Å². The van der Waals surface area contributed by atoms with Crippen molar-refractivity contribution in [3.05, 3.63) is 29.8 Å². The van der Waals surface area contributed by atoms with E-state index in [1.165, 1.54) is 0 Å². The summed E-state index contributed by atoms with van der Waals surface area (Å²) in [6.45, 7) is 4.65. The summed E-state index contributed by atoms with van der Waals surface area (Å²) in [7, 11) is 0. The summed E-state index contributed by atoms with van der Waals surface area (Å²) in [5, 5.41) is 4.85. The number of carbonyl (C=O) groups excluding carboxylic acids is 3. The van der Waals surface area contributed by atoms with Crippen molar-refractivity contribution in [3.63, 3.8) is 0 Å². The van der Waals surface area contributed by atoms with Gasteiger partial charge in [0.25, 0.3) is 5.91 Å². The predicted molar refractivity (Wildman–Crippen MR) is 80.4 cm³/mol. The standard InChI is InChI=1S/C16H20N2O4/c1-10(2)9-22-12-5-3-4-11(8-12)15(20)17-13-6-7-14(19)18-16(13)21/h3-5,8,10,13H,6-7,9H2,1-2H3,(H,17,20)(H,18,19,21). The number of rotatable bonds is 5. The number of hydrogen-bond acceptors (Lipinski definition) is 4. The molecular formula is C16H20N2O4. The fourth-order valence-electron chi connectivity index (χ4n) is 2.06. The molecule has 0 spiro atoms. The number of benzene rings is 1. The topological polar surface area (TPSA) is 84.5 Å². The molecule has 3 amide bonds. The van der Waals surface area contributed by atoms with E-state index in [2.05, 4.69) is 10.6 Å². The van der Waals surface area contributed by atoms with Gasteiger partial charge in [-0.15, -0.1) is 0 Å². The smallest absolute Gasteiger partial charge is 0.252 e. The lowest BCUT2D eigenvalue weighted by Crippen LogP contribution is -2.52. The third-order valence-electron chi connectivity index (χ3n) is 3.22. The molecule has 6 heteroatoms. The zero-order chi connectivity index (χ0) is 16.1. The highest BCUT2D eigenvalue weighted by atomic mass is 16.5. The molecule has 0 saturated carbocycles. The Balaban J connectivity index is 1.99. The van der Waals surface area contributed by atoms with Crippen LogP contribution in [-0.4, -0.2) is 30.4 Å². The van der Waals surface area contributed by atoms with E-state index in [1.807, 2.05) is 13.8 Å². The van der Waals surface area contributed by atoms with Crippen LogP contribution in [-0.2, 0) is 9.59 Å². The van der Waals surface area contributed by atoms with Crippen molar-refractivity contribution < 1.29 is 19.1 Å². The molecule has 0 aliphatic carbocycles. The quantitative estimate of drug-likeness (QED) is 0.802. The molecule has 0 aromatic heterocycles. The average molecular weight is 304 g/mol.